The van der Waals surface area contributed by atoms with Gasteiger partial charge in [0.25, 0.3) is 5.91 Å². The number of methoxy groups -OCH3 is 1. The molecule has 0 radical (unpaired) electrons. The van der Waals surface area contributed by atoms with E-state index in [9.17, 15) is 4.79 Å². The van der Waals surface area contributed by atoms with Crippen molar-refractivity contribution in [3.8, 4) is 11.5 Å². The number of rotatable bonds is 7. The minimum absolute atomic E-state index is 0.0706. The molecule has 166 valence electrons. The van der Waals surface area contributed by atoms with Crippen molar-refractivity contribution >= 4 is 17.7 Å². The van der Waals surface area contributed by atoms with Crippen LogP contribution in [0.5, 0.6) is 11.5 Å². The maximum atomic E-state index is 13.0. The summed E-state index contributed by atoms with van der Waals surface area (Å²) in [4.78, 5) is 18.7. The van der Waals surface area contributed by atoms with Crippen molar-refractivity contribution in [2.24, 2.45) is 0 Å². The van der Waals surface area contributed by atoms with Gasteiger partial charge in [0.15, 0.2) is 0 Å². The maximum absolute atomic E-state index is 13.0. The Kier molecular flexibility index (Phi) is 7.41. The molecule has 5 nitrogen and oxygen atoms in total. The number of hydrogen-bond acceptors (Lipinski definition) is 5. The van der Waals surface area contributed by atoms with Crippen LogP contribution in [0.25, 0.3) is 0 Å². The lowest BCUT2D eigenvalue weighted by Crippen LogP contribution is -2.38. The summed E-state index contributed by atoms with van der Waals surface area (Å²) in [5, 5.41) is 0. The first kappa shape index (κ1) is 22.0. The molecule has 2 heterocycles. The van der Waals surface area contributed by atoms with Crippen molar-refractivity contribution in [1.82, 2.24) is 9.80 Å². The maximum Gasteiger partial charge on any atom is 0.257 e. The van der Waals surface area contributed by atoms with E-state index in [0.717, 1.165) is 64.2 Å². The summed E-state index contributed by atoms with van der Waals surface area (Å²) < 4.78 is 11.8. The van der Waals surface area contributed by atoms with Crippen LogP contribution >= 0.6 is 11.8 Å². The molecule has 0 unspecified atom stereocenters. The average molecular weight is 441 g/mol. The predicted octanol–water partition coefficient (Wildman–Crippen LogP) is 4.70. The summed E-state index contributed by atoms with van der Waals surface area (Å²) in [5.41, 5.74) is 2.00. The third kappa shape index (κ3) is 5.55. The van der Waals surface area contributed by atoms with E-state index in [0.29, 0.717) is 11.3 Å². The minimum atomic E-state index is 0.0706. The Hall–Kier alpha value is -2.18. The van der Waals surface area contributed by atoms with Gasteiger partial charge in [-0.05, 0) is 61.8 Å². The second-order valence-electron chi connectivity index (χ2n) is 8.30. The number of benzene rings is 2. The summed E-state index contributed by atoms with van der Waals surface area (Å²) in [5.74, 6) is 1.45. The zero-order chi connectivity index (χ0) is 21.6. The third-order valence-corrected chi connectivity index (χ3v) is 6.95. The highest BCUT2D eigenvalue weighted by atomic mass is 32.2. The molecule has 0 aromatic heterocycles. The number of carbonyl (C=O) groups is 1. The molecule has 0 atom stereocenters. The first-order valence-electron chi connectivity index (χ1n) is 11.2. The average Bonchev–Trinajstić information content (AvgIpc) is 3.35. The van der Waals surface area contributed by atoms with Gasteiger partial charge in [-0.2, -0.15) is 0 Å². The highest BCUT2D eigenvalue weighted by Gasteiger charge is 2.26. The summed E-state index contributed by atoms with van der Waals surface area (Å²) >= 11 is 1.77. The number of piperidine rings is 1. The van der Waals surface area contributed by atoms with Crippen LogP contribution in [0.1, 0.15) is 41.6 Å². The fraction of sp³-hybridized carbons (Fsp3) is 0.480. The monoisotopic (exact) mass is 440 g/mol. The van der Waals surface area contributed by atoms with Crippen molar-refractivity contribution in [3.05, 3.63) is 53.6 Å². The summed E-state index contributed by atoms with van der Waals surface area (Å²) in [6, 6.07) is 14.4. The second kappa shape index (κ2) is 10.4. The van der Waals surface area contributed by atoms with Crippen molar-refractivity contribution in [2.75, 3.05) is 39.5 Å². The molecule has 6 heteroatoms. The number of likely N-dealkylation sites (tertiary alicyclic amines) is 2. The van der Waals surface area contributed by atoms with Gasteiger partial charge < -0.3 is 14.4 Å². The van der Waals surface area contributed by atoms with Gasteiger partial charge in [-0.3, -0.25) is 9.69 Å². The zero-order valence-electron chi connectivity index (χ0n) is 18.5. The van der Waals surface area contributed by atoms with Crippen LogP contribution < -0.4 is 9.47 Å². The van der Waals surface area contributed by atoms with Crippen LogP contribution in [-0.4, -0.2) is 61.4 Å². The van der Waals surface area contributed by atoms with Crippen LogP contribution in [0.3, 0.4) is 0 Å². The molecule has 0 bridgehead atoms. The van der Waals surface area contributed by atoms with Gasteiger partial charge in [-0.15, -0.1) is 11.8 Å². The lowest BCUT2D eigenvalue weighted by molar-refractivity contribution is 0.0764. The summed E-state index contributed by atoms with van der Waals surface area (Å²) in [6.45, 7) is 4.63. The molecule has 1 amide bonds. The standard InChI is InChI=1S/C25H32N2O3S/c1-29-21-7-10-23(25(28)27-13-3-4-14-27)24(17-21)30-20-11-15-26(16-12-20)18-19-5-8-22(31-2)9-6-19/h5-10,17,20H,3-4,11-16,18H2,1-2H3. The smallest absolute Gasteiger partial charge is 0.257 e. The van der Waals surface area contributed by atoms with E-state index in [-0.39, 0.29) is 12.0 Å². The SMILES string of the molecule is COc1ccc(C(=O)N2CCCC2)c(OC2CCN(Cc3ccc(SC)cc3)CC2)c1. The van der Waals surface area contributed by atoms with E-state index < -0.39 is 0 Å². The molecule has 2 aliphatic heterocycles. The van der Waals surface area contributed by atoms with Crippen LogP contribution in [0.4, 0.5) is 0 Å². The summed E-state index contributed by atoms with van der Waals surface area (Å²) in [7, 11) is 1.64. The molecular formula is C25H32N2O3S. The number of ether oxygens (including phenoxy) is 2. The minimum Gasteiger partial charge on any atom is -0.497 e. The molecule has 0 aliphatic carbocycles. The fourth-order valence-electron chi connectivity index (χ4n) is 4.35. The van der Waals surface area contributed by atoms with Crippen molar-refractivity contribution in [2.45, 2.75) is 43.2 Å². The Morgan fingerprint density at radius 1 is 1.03 bits per heavy atom. The predicted molar refractivity (Wildman–Crippen MR) is 125 cm³/mol. The Morgan fingerprint density at radius 3 is 2.39 bits per heavy atom. The number of nitrogens with zero attached hydrogens (tertiary/aromatic N) is 2. The molecule has 0 saturated carbocycles. The number of hydrogen-bond donors (Lipinski definition) is 0. The van der Waals surface area contributed by atoms with Crippen molar-refractivity contribution in [1.29, 1.82) is 0 Å². The molecule has 2 saturated heterocycles. The van der Waals surface area contributed by atoms with Crippen LogP contribution in [-0.2, 0) is 6.54 Å². The largest absolute Gasteiger partial charge is 0.497 e. The molecule has 2 aromatic carbocycles. The molecule has 31 heavy (non-hydrogen) atoms. The second-order valence-corrected chi connectivity index (χ2v) is 9.18. The van der Waals surface area contributed by atoms with E-state index in [4.69, 9.17) is 9.47 Å². The van der Waals surface area contributed by atoms with E-state index in [1.54, 1.807) is 18.9 Å². The Morgan fingerprint density at radius 2 is 1.74 bits per heavy atom. The Bertz CT molecular complexity index is 873. The van der Waals surface area contributed by atoms with Gasteiger partial charge in [-0.25, -0.2) is 0 Å². The van der Waals surface area contributed by atoms with E-state index >= 15 is 0 Å². The van der Waals surface area contributed by atoms with Gasteiger partial charge in [0.05, 0.1) is 12.7 Å². The van der Waals surface area contributed by atoms with E-state index in [1.165, 1.54) is 10.5 Å². The van der Waals surface area contributed by atoms with Gasteiger partial charge in [0.2, 0.25) is 0 Å². The third-order valence-electron chi connectivity index (χ3n) is 6.21. The quantitative estimate of drug-likeness (QED) is 0.584. The molecule has 4 rings (SSSR count). The van der Waals surface area contributed by atoms with Gasteiger partial charge in [0.1, 0.15) is 17.6 Å². The molecule has 0 spiro atoms. The Balaban J connectivity index is 1.37. The Labute approximate surface area is 189 Å². The molecule has 2 aliphatic rings. The topological polar surface area (TPSA) is 42.0 Å². The van der Waals surface area contributed by atoms with E-state index in [1.807, 2.05) is 23.1 Å². The number of amides is 1. The van der Waals surface area contributed by atoms with Gasteiger partial charge in [0, 0.05) is 43.7 Å². The van der Waals surface area contributed by atoms with Crippen LogP contribution in [0.2, 0.25) is 0 Å². The van der Waals surface area contributed by atoms with Crippen molar-refractivity contribution in [3.63, 3.8) is 0 Å². The number of carbonyl (C=O) groups excluding carboxylic acids is 1. The zero-order valence-corrected chi connectivity index (χ0v) is 19.3. The lowest BCUT2D eigenvalue weighted by Gasteiger charge is -2.32. The van der Waals surface area contributed by atoms with Crippen LogP contribution in [0, 0.1) is 0 Å². The fourth-order valence-corrected chi connectivity index (χ4v) is 4.76. The molecule has 2 aromatic rings. The lowest BCUT2D eigenvalue weighted by atomic mass is 10.1. The summed E-state index contributed by atoms with van der Waals surface area (Å²) in [6.07, 6.45) is 6.29. The van der Waals surface area contributed by atoms with Gasteiger partial charge in [-0.1, -0.05) is 12.1 Å². The van der Waals surface area contributed by atoms with Crippen molar-refractivity contribution < 1.29 is 14.3 Å². The normalized spacial score (nSPS) is 17.7. The molecular weight excluding hydrogens is 408 g/mol. The first-order valence-corrected chi connectivity index (χ1v) is 12.4. The highest BCUT2D eigenvalue weighted by Crippen LogP contribution is 2.30. The molecule has 2 fully saturated rings. The number of thioether (sulfide) groups is 1. The van der Waals surface area contributed by atoms with Gasteiger partial charge >= 0.3 is 0 Å². The first-order chi connectivity index (χ1) is 15.2. The highest BCUT2D eigenvalue weighted by molar-refractivity contribution is 7.98. The van der Waals surface area contributed by atoms with Crippen LogP contribution in [0.15, 0.2) is 47.4 Å². The van der Waals surface area contributed by atoms with E-state index in [2.05, 4.69) is 35.4 Å². The molecule has 0 N–H and O–H groups in total.